The zero-order valence-electron chi connectivity index (χ0n) is 14.6. The lowest BCUT2D eigenvalue weighted by Gasteiger charge is -2.43. The van der Waals surface area contributed by atoms with Gasteiger partial charge >= 0.3 is 0 Å². The van der Waals surface area contributed by atoms with Gasteiger partial charge in [-0.3, -0.25) is 9.89 Å². The molecule has 132 valence electrons. The van der Waals surface area contributed by atoms with Crippen LogP contribution in [0.2, 0.25) is 0 Å². The zero-order chi connectivity index (χ0) is 17.3. The highest BCUT2D eigenvalue weighted by Crippen LogP contribution is 2.34. The number of hydrogen-bond acceptors (Lipinski definition) is 3. The summed E-state index contributed by atoms with van der Waals surface area (Å²) >= 11 is 0. The van der Waals surface area contributed by atoms with E-state index in [2.05, 4.69) is 34.5 Å². The van der Waals surface area contributed by atoms with Crippen molar-refractivity contribution in [3.05, 3.63) is 53.3 Å². The van der Waals surface area contributed by atoms with Gasteiger partial charge in [0.2, 0.25) is 5.91 Å². The molecule has 5 nitrogen and oxygen atoms in total. The molecule has 1 amide bonds. The summed E-state index contributed by atoms with van der Waals surface area (Å²) in [6.07, 6.45) is 7.65. The second kappa shape index (κ2) is 6.64. The Bertz CT molecular complexity index is 735. The van der Waals surface area contributed by atoms with E-state index in [0.29, 0.717) is 5.92 Å². The van der Waals surface area contributed by atoms with Gasteiger partial charge < -0.3 is 10.6 Å². The molecule has 25 heavy (non-hydrogen) atoms. The lowest BCUT2D eigenvalue weighted by molar-refractivity contribution is -0.141. The monoisotopic (exact) mass is 338 g/mol. The first kappa shape index (κ1) is 16.3. The molecule has 1 aliphatic carbocycles. The maximum atomic E-state index is 12.8. The maximum Gasteiger partial charge on any atom is 0.242 e. The third-order valence-corrected chi connectivity index (χ3v) is 5.78. The Morgan fingerprint density at radius 3 is 2.80 bits per heavy atom. The van der Waals surface area contributed by atoms with Gasteiger partial charge in [-0.1, -0.05) is 30.3 Å². The standard InChI is InChI=1S/C20H26N4O/c21-20(9-5-10-20)19(25)24-11-4-8-16(14-24)18-17(13-22-23-18)12-15-6-2-1-3-7-15/h1-3,6-7,13,16H,4-5,8-12,14,21H2,(H,22,23). The third kappa shape index (κ3) is 3.21. The molecule has 2 aliphatic rings. The molecule has 2 heterocycles. The number of benzene rings is 1. The van der Waals surface area contributed by atoms with Crippen LogP contribution in [-0.2, 0) is 11.2 Å². The second-order valence-corrected chi connectivity index (χ2v) is 7.57. The molecule has 5 heteroatoms. The summed E-state index contributed by atoms with van der Waals surface area (Å²) in [5, 5.41) is 7.49. The number of carbonyl (C=O) groups is 1. The van der Waals surface area contributed by atoms with Crippen LogP contribution in [0.5, 0.6) is 0 Å². The van der Waals surface area contributed by atoms with Gasteiger partial charge in [-0.25, -0.2) is 0 Å². The van der Waals surface area contributed by atoms with Crippen LogP contribution >= 0.6 is 0 Å². The first-order valence-electron chi connectivity index (χ1n) is 9.30. The van der Waals surface area contributed by atoms with E-state index in [0.717, 1.165) is 51.6 Å². The minimum Gasteiger partial charge on any atom is -0.340 e. The van der Waals surface area contributed by atoms with E-state index in [4.69, 9.17) is 5.73 Å². The highest BCUT2D eigenvalue weighted by molar-refractivity contribution is 5.87. The van der Waals surface area contributed by atoms with Gasteiger partial charge in [-0.05, 0) is 43.2 Å². The van der Waals surface area contributed by atoms with Gasteiger partial charge in [0.05, 0.1) is 11.7 Å². The number of carbonyl (C=O) groups excluding carboxylic acids is 1. The highest BCUT2D eigenvalue weighted by Gasteiger charge is 2.43. The molecule has 3 N–H and O–H groups in total. The van der Waals surface area contributed by atoms with Gasteiger partial charge in [-0.2, -0.15) is 5.10 Å². The lowest BCUT2D eigenvalue weighted by Crippen LogP contribution is -2.60. The lowest BCUT2D eigenvalue weighted by atomic mass is 9.76. The molecule has 1 saturated heterocycles. The predicted molar refractivity (Wildman–Crippen MR) is 97.2 cm³/mol. The van der Waals surface area contributed by atoms with Crippen LogP contribution in [0.25, 0.3) is 0 Å². The van der Waals surface area contributed by atoms with Crippen LogP contribution in [0, 0.1) is 0 Å². The zero-order valence-corrected chi connectivity index (χ0v) is 14.6. The second-order valence-electron chi connectivity index (χ2n) is 7.57. The van der Waals surface area contributed by atoms with Gasteiger partial charge in [0, 0.05) is 31.1 Å². The van der Waals surface area contributed by atoms with Crippen LogP contribution in [-0.4, -0.2) is 39.6 Å². The van der Waals surface area contributed by atoms with Gasteiger partial charge in [0.1, 0.15) is 0 Å². The first-order valence-corrected chi connectivity index (χ1v) is 9.30. The van der Waals surface area contributed by atoms with Crippen LogP contribution in [0.3, 0.4) is 0 Å². The van der Waals surface area contributed by atoms with Crippen LogP contribution in [0.1, 0.15) is 54.8 Å². The van der Waals surface area contributed by atoms with Crippen molar-refractivity contribution in [3.63, 3.8) is 0 Å². The summed E-state index contributed by atoms with van der Waals surface area (Å²) in [5.41, 5.74) is 9.36. The number of nitrogens with two attached hydrogens (primary N) is 1. The summed E-state index contributed by atoms with van der Waals surface area (Å²) in [6, 6.07) is 10.4. The minimum atomic E-state index is -0.594. The number of nitrogens with one attached hydrogen (secondary N) is 1. The Morgan fingerprint density at radius 1 is 1.28 bits per heavy atom. The highest BCUT2D eigenvalue weighted by atomic mass is 16.2. The van der Waals surface area contributed by atoms with Crippen molar-refractivity contribution in [2.75, 3.05) is 13.1 Å². The SMILES string of the molecule is NC1(C(=O)N2CCCC(c3[nH]ncc3Cc3ccccc3)C2)CCC1. The fourth-order valence-corrected chi connectivity index (χ4v) is 4.11. The number of piperidine rings is 1. The molecule has 4 rings (SSSR count). The molecule has 2 aromatic rings. The predicted octanol–water partition coefficient (Wildman–Crippen LogP) is 2.59. The van der Waals surface area contributed by atoms with Crippen molar-refractivity contribution in [1.29, 1.82) is 0 Å². The molecule has 0 bridgehead atoms. The maximum absolute atomic E-state index is 12.8. The summed E-state index contributed by atoms with van der Waals surface area (Å²) in [6.45, 7) is 1.58. The Morgan fingerprint density at radius 2 is 2.08 bits per heavy atom. The van der Waals surface area contributed by atoms with E-state index in [1.54, 1.807) is 0 Å². The van der Waals surface area contributed by atoms with Crippen LogP contribution in [0.4, 0.5) is 0 Å². The van der Waals surface area contributed by atoms with E-state index < -0.39 is 5.54 Å². The molecule has 0 radical (unpaired) electrons. The number of rotatable bonds is 4. The summed E-state index contributed by atoms with van der Waals surface area (Å²) in [7, 11) is 0. The number of aromatic amines is 1. The number of likely N-dealkylation sites (tertiary alicyclic amines) is 1. The van der Waals surface area contributed by atoms with Crippen LogP contribution in [0.15, 0.2) is 36.5 Å². The van der Waals surface area contributed by atoms with Crippen molar-refractivity contribution in [1.82, 2.24) is 15.1 Å². The number of H-pyrrole nitrogens is 1. The summed E-state index contributed by atoms with van der Waals surface area (Å²) in [5.74, 6) is 0.468. The molecular formula is C20H26N4O. The summed E-state index contributed by atoms with van der Waals surface area (Å²) < 4.78 is 0. The molecule has 1 aromatic heterocycles. The van der Waals surface area contributed by atoms with Crippen molar-refractivity contribution in [2.45, 2.75) is 50.0 Å². The normalized spacial score (nSPS) is 22.4. The van der Waals surface area contributed by atoms with Gasteiger partial charge in [-0.15, -0.1) is 0 Å². The third-order valence-electron chi connectivity index (χ3n) is 5.78. The van der Waals surface area contributed by atoms with Crippen molar-refractivity contribution >= 4 is 5.91 Å². The number of hydrogen-bond donors (Lipinski definition) is 2. The fourth-order valence-electron chi connectivity index (χ4n) is 4.11. The molecule has 1 aromatic carbocycles. The molecule has 1 atom stereocenters. The van der Waals surface area contributed by atoms with E-state index in [9.17, 15) is 4.79 Å². The number of nitrogens with zero attached hydrogens (tertiary/aromatic N) is 2. The van der Waals surface area contributed by atoms with Crippen molar-refractivity contribution in [2.24, 2.45) is 5.73 Å². The summed E-state index contributed by atoms with van der Waals surface area (Å²) in [4.78, 5) is 14.8. The van der Waals surface area contributed by atoms with E-state index in [1.807, 2.05) is 17.2 Å². The average molecular weight is 338 g/mol. The smallest absolute Gasteiger partial charge is 0.242 e. The quantitative estimate of drug-likeness (QED) is 0.900. The Kier molecular flexibility index (Phi) is 4.34. The molecule has 0 spiro atoms. The molecule has 1 aliphatic heterocycles. The van der Waals surface area contributed by atoms with Gasteiger partial charge in [0.25, 0.3) is 0 Å². The van der Waals surface area contributed by atoms with E-state index in [1.165, 1.54) is 16.8 Å². The Labute approximate surface area is 148 Å². The van der Waals surface area contributed by atoms with Crippen LogP contribution < -0.4 is 5.73 Å². The van der Waals surface area contributed by atoms with Gasteiger partial charge in [0.15, 0.2) is 0 Å². The van der Waals surface area contributed by atoms with Crippen molar-refractivity contribution < 1.29 is 4.79 Å². The minimum absolute atomic E-state index is 0.146. The average Bonchev–Trinajstić information content (AvgIpc) is 3.08. The number of amides is 1. The molecular weight excluding hydrogens is 312 g/mol. The van der Waals surface area contributed by atoms with E-state index >= 15 is 0 Å². The van der Waals surface area contributed by atoms with E-state index in [-0.39, 0.29) is 5.91 Å². The Balaban J connectivity index is 1.48. The number of aromatic nitrogens is 2. The topological polar surface area (TPSA) is 75.0 Å². The molecule has 1 unspecified atom stereocenters. The largest absolute Gasteiger partial charge is 0.340 e. The fraction of sp³-hybridized carbons (Fsp3) is 0.500. The Hall–Kier alpha value is -2.14. The first-order chi connectivity index (χ1) is 12.2. The molecule has 1 saturated carbocycles. The molecule has 2 fully saturated rings. The van der Waals surface area contributed by atoms with Crippen molar-refractivity contribution in [3.8, 4) is 0 Å².